The Kier molecular flexibility index (Phi) is 4.37. The normalized spacial score (nSPS) is 15.4. The number of aryl methyl sites for hydroxylation is 2. The second kappa shape index (κ2) is 6.01. The van der Waals surface area contributed by atoms with Crippen LogP contribution < -0.4 is 5.73 Å². The Bertz CT molecular complexity index is 429. The second-order valence-corrected chi connectivity index (χ2v) is 5.13. The van der Waals surface area contributed by atoms with Crippen molar-refractivity contribution in [3.8, 4) is 0 Å². The molecule has 1 aromatic rings. The number of aliphatic carboxylic acids is 1. The molecule has 3 nitrogen and oxygen atoms in total. The van der Waals surface area contributed by atoms with Crippen molar-refractivity contribution < 1.29 is 9.90 Å². The summed E-state index contributed by atoms with van der Waals surface area (Å²) in [4.78, 5) is 11.2. The van der Waals surface area contributed by atoms with E-state index in [4.69, 9.17) is 5.73 Å². The third-order valence-corrected chi connectivity index (χ3v) is 3.75. The molecule has 0 aromatic heterocycles. The van der Waals surface area contributed by atoms with Crippen LogP contribution in [0.4, 0.5) is 0 Å². The third kappa shape index (κ3) is 3.10. The second-order valence-electron chi connectivity index (χ2n) is 5.13. The summed E-state index contributed by atoms with van der Waals surface area (Å²) in [6.45, 7) is 0.563. The molecule has 1 aromatic carbocycles. The summed E-state index contributed by atoms with van der Waals surface area (Å²) >= 11 is 0. The number of carboxylic acids is 1. The van der Waals surface area contributed by atoms with Gasteiger partial charge in [0.15, 0.2) is 0 Å². The minimum Gasteiger partial charge on any atom is -0.481 e. The van der Waals surface area contributed by atoms with E-state index in [9.17, 15) is 9.90 Å². The molecule has 98 valence electrons. The predicted octanol–water partition coefficient (Wildman–Crippen LogP) is 2.16. The maximum absolute atomic E-state index is 11.2. The first-order valence-electron chi connectivity index (χ1n) is 6.74. The molecule has 3 heteroatoms. The average molecular weight is 247 g/mol. The Hall–Kier alpha value is -1.35. The van der Waals surface area contributed by atoms with Crippen LogP contribution in [0.5, 0.6) is 0 Å². The lowest BCUT2D eigenvalue weighted by Crippen LogP contribution is -2.18. The van der Waals surface area contributed by atoms with Gasteiger partial charge in [0.25, 0.3) is 0 Å². The van der Waals surface area contributed by atoms with Crippen LogP contribution in [0, 0.1) is 5.92 Å². The molecule has 0 saturated carbocycles. The molecule has 1 unspecified atom stereocenters. The zero-order chi connectivity index (χ0) is 13.0. The lowest BCUT2D eigenvalue weighted by molar-refractivity contribution is -0.141. The van der Waals surface area contributed by atoms with Gasteiger partial charge >= 0.3 is 5.97 Å². The van der Waals surface area contributed by atoms with E-state index < -0.39 is 5.97 Å². The number of nitrogens with two attached hydrogens (primary N) is 1. The van der Waals surface area contributed by atoms with Crippen LogP contribution in [-0.2, 0) is 24.1 Å². The van der Waals surface area contributed by atoms with Crippen molar-refractivity contribution >= 4 is 5.97 Å². The molecule has 1 aliphatic carbocycles. The van der Waals surface area contributed by atoms with Crippen LogP contribution in [0.15, 0.2) is 18.2 Å². The number of hydrogen-bond donors (Lipinski definition) is 2. The van der Waals surface area contributed by atoms with Crippen molar-refractivity contribution in [2.45, 2.75) is 38.5 Å². The van der Waals surface area contributed by atoms with E-state index in [0.717, 1.165) is 18.4 Å². The number of carboxylic acid groups (broad SMARTS) is 1. The lowest BCUT2D eigenvalue weighted by Gasteiger charge is -2.12. The number of rotatable bonds is 6. The van der Waals surface area contributed by atoms with Crippen molar-refractivity contribution in [3.63, 3.8) is 0 Å². The van der Waals surface area contributed by atoms with Gasteiger partial charge in [-0.05, 0) is 61.8 Å². The summed E-state index contributed by atoms with van der Waals surface area (Å²) in [5.74, 6) is -1.00. The van der Waals surface area contributed by atoms with Crippen molar-refractivity contribution in [2.75, 3.05) is 6.54 Å². The molecule has 0 saturated heterocycles. The Morgan fingerprint density at radius 2 is 2.11 bits per heavy atom. The maximum atomic E-state index is 11.2. The summed E-state index contributed by atoms with van der Waals surface area (Å²) < 4.78 is 0. The number of hydrogen-bond acceptors (Lipinski definition) is 2. The van der Waals surface area contributed by atoms with E-state index in [0.29, 0.717) is 19.4 Å². The molecule has 3 N–H and O–H groups in total. The molecule has 0 bridgehead atoms. The Balaban J connectivity index is 2.04. The van der Waals surface area contributed by atoms with Crippen LogP contribution in [0.1, 0.15) is 36.0 Å². The van der Waals surface area contributed by atoms with E-state index in [1.807, 2.05) is 0 Å². The fourth-order valence-corrected chi connectivity index (χ4v) is 2.71. The molecular weight excluding hydrogens is 226 g/mol. The minimum atomic E-state index is -0.705. The van der Waals surface area contributed by atoms with Crippen LogP contribution in [0.2, 0.25) is 0 Å². The highest BCUT2D eigenvalue weighted by atomic mass is 16.4. The van der Waals surface area contributed by atoms with Gasteiger partial charge in [0.2, 0.25) is 0 Å². The van der Waals surface area contributed by atoms with Crippen molar-refractivity contribution in [3.05, 3.63) is 34.9 Å². The van der Waals surface area contributed by atoms with Crippen LogP contribution in [-0.4, -0.2) is 17.6 Å². The molecule has 0 fully saturated rings. The summed E-state index contributed by atoms with van der Waals surface area (Å²) in [6, 6.07) is 6.45. The summed E-state index contributed by atoms with van der Waals surface area (Å²) in [5.41, 5.74) is 9.45. The zero-order valence-electron chi connectivity index (χ0n) is 10.7. The van der Waals surface area contributed by atoms with E-state index >= 15 is 0 Å². The molecule has 1 atom stereocenters. The molecule has 0 spiro atoms. The van der Waals surface area contributed by atoms with Crippen LogP contribution in [0.3, 0.4) is 0 Å². The first kappa shape index (κ1) is 13.1. The van der Waals surface area contributed by atoms with Crippen LogP contribution >= 0.6 is 0 Å². The summed E-state index contributed by atoms with van der Waals surface area (Å²) in [5, 5.41) is 9.21. The van der Waals surface area contributed by atoms with Crippen molar-refractivity contribution in [1.29, 1.82) is 0 Å². The highest BCUT2D eigenvalue weighted by molar-refractivity contribution is 5.70. The topological polar surface area (TPSA) is 63.3 Å². The largest absolute Gasteiger partial charge is 0.481 e. The van der Waals surface area contributed by atoms with Gasteiger partial charge in [-0.25, -0.2) is 0 Å². The fraction of sp³-hybridized carbons (Fsp3) is 0.533. The smallest absolute Gasteiger partial charge is 0.306 e. The molecule has 2 rings (SSSR count). The van der Waals surface area contributed by atoms with Gasteiger partial charge in [0.1, 0.15) is 0 Å². The van der Waals surface area contributed by atoms with E-state index in [-0.39, 0.29) is 5.92 Å². The molecule has 0 aliphatic heterocycles. The zero-order valence-corrected chi connectivity index (χ0v) is 10.7. The highest BCUT2D eigenvalue weighted by Crippen LogP contribution is 2.24. The molecule has 0 heterocycles. The third-order valence-electron chi connectivity index (χ3n) is 3.75. The molecular formula is C15H21NO2. The monoisotopic (exact) mass is 247 g/mol. The SMILES string of the molecule is NCCCC(Cc1ccc2c(c1)CCC2)C(=O)O. The van der Waals surface area contributed by atoms with E-state index in [1.165, 1.54) is 24.0 Å². The Morgan fingerprint density at radius 1 is 1.33 bits per heavy atom. The van der Waals surface area contributed by atoms with Gasteiger partial charge in [-0.15, -0.1) is 0 Å². The number of fused-ring (bicyclic) bond motifs is 1. The standard InChI is InChI=1S/C15H21NO2/c16-8-2-5-14(15(17)18)10-11-6-7-12-3-1-4-13(12)9-11/h6-7,9,14H,1-5,8,10,16H2,(H,17,18). The first-order valence-corrected chi connectivity index (χ1v) is 6.74. The van der Waals surface area contributed by atoms with Gasteiger partial charge in [0, 0.05) is 0 Å². The molecule has 0 radical (unpaired) electrons. The Labute approximate surface area is 108 Å². The lowest BCUT2D eigenvalue weighted by atomic mass is 9.93. The summed E-state index contributed by atoms with van der Waals surface area (Å²) in [6.07, 6.45) is 5.62. The fourth-order valence-electron chi connectivity index (χ4n) is 2.71. The average Bonchev–Trinajstić information content (AvgIpc) is 2.81. The first-order chi connectivity index (χ1) is 8.70. The molecule has 18 heavy (non-hydrogen) atoms. The highest BCUT2D eigenvalue weighted by Gasteiger charge is 2.18. The van der Waals surface area contributed by atoms with E-state index in [2.05, 4.69) is 18.2 Å². The van der Waals surface area contributed by atoms with Crippen molar-refractivity contribution in [2.24, 2.45) is 11.7 Å². The predicted molar refractivity (Wildman–Crippen MR) is 71.6 cm³/mol. The molecule has 0 amide bonds. The minimum absolute atomic E-state index is 0.298. The number of benzene rings is 1. The Morgan fingerprint density at radius 3 is 2.83 bits per heavy atom. The van der Waals surface area contributed by atoms with Gasteiger partial charge < -0.3 is 10.8 Å². The van der Waals surface area contributed by atoms with Gasteiger partial charge in [-0.1, -0.05) is 18.2 Å². The van der Waals surface area contributed by atoms with Gasteiger partial charge in [0.05, 0.1) is 5.92 Å². The van der Waals surface area contributed by atoms with Crippen molar-refractivity contribution in [1.82, 2.24) is 0 Å². The van der Waals surface area contributed by atoms with E-state index in [1.54, 1.807) is 0 Å². The van der Waals surface area contributed by atoms with Crippen LogP contribution in [0.25, 0.3) is 0 Å². The maximum Gasteiger partial charge on any atom is 0.306 e. The quantitative estimate of drug-likeness (QED) is 0.809. The van der Waals surface area contributed by atoms with Gasteiger partial charge in [-0.3, -0.25) is 4.79 Å². The number of carbonyl (C=O) groups is 1. The molecule has 1 aliphatic rings. The van der Waals surface area contributed by atoms with Gasteiger partial charge in [-0.2, -0.15) is 0 Å². The summed E-state index contributed by atoms with van der Waals surface area (Å²) in [7, 11) is 0.